The van der Waals surface area contributed by atoms with Gasteiger partial charge in [-0.2, -0.15) is 0 Å². The first-order chi connectivity index (χ1) is 7.82. The van der Waals surface area contributed by atoms with Gasteiger partial charge in [0, 0.05) is 19.8 Å². The van der Waals surface area contributed by atoms with E-state index in [0.717, 1.165) is 0 Å². The molecule has 1 rings (SSSR count). The number of hydrogen-bond donors (Lipinski definition) is 0. The van der Waals surface area contributed by atoms with Crippen molar-refractivity contribution in [1.82, 2.24) is 0 Å². The molecule has 3 unspecified atom stereocenters. The number of carbonyl (C=O) groups is 2. The van der Waals surface area contributed by atoms with E-state index in [9.17, 15) is 9.59 Å². The van der Waals surface area contributed by atoms with Crippen LogP contribution in [-0.2, 0) is 23.8 Å². The highest BCUT2D eigenvalue weighted by Gasteiger charge is 2.43. The lowest BCUT2D eigenvalue weighted by Gasteiger charge is -2.42. The van der Waals surface area contributed by atoms with E-state index in [2.05, 4.69) is 0 Å². The molecule has 1 fully saturated rings. The van der Waals surface area contributed by atoms with Crippen molar-refractivity contribution >= 4 is 11.9 Å². The first-order valence-electron chi connectivity index (χ1n) is 5.82. The standard InChI is InChI=1S/C12H20O5/c1-6-11(16-9(4)13)7(2)15-8(3)12(6)17-10(5)14/h6-8,11-12H,1-5H3/t6?,7-,8?,11?,12-/m0/s1. The Hall–Kier alpha value is -1.10. The lowest BCUT2D eigenvalue weighted by molar-refractivity contribution is -0.214. The van der Waals surface area contributed by atoms with Gasteiger partial charge in [-0.25, -0.2) is 0 Å². The molecule has 1 aliphatic heterocycles. The van der Waals surface area contributed by atoms with Crippen LogP contribution in [0.5, 0.6) is 0 Å². The van der Waals surface area contributed by atoms with Crippen molar-refractivity contribution in [2.24, 2.45) is 5.92 Å². The second-order valence-corrected chi connectivity index (χ2v) is 4.55. The van der Waals surface area contributed by atoms with E-state index in [1.807, 2.05) is 20.8 Å². The predicted octanol–water partition coefficient (Wildman–Crippen LogP) is 1.29. The third-order valence-electron chi connectivity index (χ3n) is 3.00. The van der Waals surface area contributed by atoms with Crippen molar-refractivity contribution in [1.29, 1.82) is 0 Å². The molecule has 0 aromatic rings. The third kappa shape index (κ3) is 3.43. The average Bonchev–Trinajstić information content (AvgIpc) is 2.18. The second kappa shape index (κ2) is 5.49. The molecule has 0 saturated carbocycles. The van der Waals surface area contributed by atoms with Crippen LogP contribution in [0, 0.1) is 5.92 Å². The van der Waals surface area contributed by atoms with Crippen LogP contribution in [0.15, 0.2) is 0 Å². The molecule has 0 amide bonds. The molecule has 17 heavy (non-hydrogen) atoms. The van der Waals surface area contributed by atoms with Gasteiger partial charge >= 0.3 is 11.9 Å². The van der Waals surface area contributed by atoms with Gasteiger partial charge < -0.3 is 14.2 Å². The molecule has 5 heteroatoms. The number of carbonyl (C=O) groups excluding carboxylic acids is 2. The maximum Gasteiger partial charge on any atom is 0.303 e. The van der Waals surface area contributed by atoms with Crippen LogP contribution in [0.4, 0.5) is 0 Å². The van der Waals surface area contributed by atoms with Crippen LogP contribution in [0.2, 0.25) is 0 Å². The average molecular weight is 244 g/mol. The quantitative estimate of drug-likeness (QED) is 0.685. The SMILES string of the molecule is CC(=O)OC1C(C)[C@H](OC(C)=O)C(C)O[C@H]1C. The maximum absolute atomic E-state index is 11.0. The normalized spacial score (nSPS) is 37.4. The molecule has 0 aromatic carbocycles. The Morgan fingerprint density at radius 2 is 1.24 bits per heavy atom. The van der Waals surface area contributed by atoms with E-state index in [-0.39, 0.29) is 42.3 Å². The van der Waals surface area contributed by atoms with Gasteiger partial charge in [-0.05, 0) is 13.8 Å². The van der Waals surface area contributed by atoms with E-state index in [4.69, 9.17) is 14.2 Å². The minimum atomic E-state index is -0.381. The van der Waals surface area contributed by atoms with Crippen LogP contribution < -0.4 is 0 Å². The summed E-state index contributed by atoms with van der Waals surface area (Å²) in [6, 6.07) is 0. The summed E-state index contributed by atoms with van der Waals surface area (Å²) in [4.78, 5) is 22.1. The minimum Gasteiger partial charge on any atom is -0.459 e. The fraction of sp³-hybridized carbons (Fsp3) is 0.833. The number of ether oxygens (including phenoxy) is 3. The van der Waals surface area contributed by atoms with Crippen LogP contribution >= 0.6 is 0 Å². The smallest absolute Gasteiger partial charge is 0.303 e. The molecule has 5 nitrogen and oxygen atoms in total. The van der Waals surface area contributed by atoms with Gasteiger partial charge in [0.15, 0.2) is 0 Å². The fourth-order valence-electron chi connectivity index (χ4n) is 2.32. The van der Waals surface area contributed by atoms with Gasteiger partial charge in [0.05, 0.1) is 12.2 Å². The Kier molecular flexibility index (Phi) is 4.51. The summed E-state index contributed by atoms with van der Waals surface area (Å²) in [5.41, 5.74) is 0. The van der Waals surface area contributed by atoms with Crippen molar-refractivity contribution in [2.75, 3.05) is 0 Å². The Balaban J connectivity index is 2.78. The molecular weight excluding hydrogens is 224 g/mol. The zero-order valence-corrected chi connectivity index (χ0v) is 10.9. The molecule has 98 valence electrons. The first kappa shape index (κ1) is 14.0. The monoisotopic (exact) mass is 244 g/mol. The van der Waals surface area contributed by atoms with Gasteiger partial charge in [-0.1, -0.05) is 6.92 Å². The molecule has 0 N–H and O–H groups in total. The minimum absolute atomic E-state index is 0.0819. The van der Waals surface area contributed by atoms with Crippen molar-refractivity contribution in [3.05, 3.63) is 0 Å². The maximum atomic E-state index is 11.0. The molecule has 0 spiro atoms. The summed E-state index contributed by atoms with van der Waals surface area (Å²) >= 11 is 0. The lowest BCUT2D eigenvalue weighted by atomic mass is 9.88. The highest BCUT2D eigenvalue weighted by atomic mass is 16.6. The van der Waals surface area contributed by atoms with E-state index in [0.29, 0.717) is 0 Å². The predicted molar refractivity (Wildman–Crippen MR) is 60.3 cm³/mol. The van der Waals surface area contributed by atoms with Crippen LogP contribution in [0.1, 0.15) is 34.6 Å². The number of hydrogen-bond acceptors (Lipinski definition) is 5. The van der Waals surface area contributed by atoms with E-state index >= 15 is 0 Å². The van der Waals surface area contributed by atoms with Crippen LogP contribution in [0.25, 0.3) is 0 Å². The zero-order valence-electron chi connectivity index (χ0n) is 10.9. The van der Waals surface area contributed by atoms with Gasteiger partial charge in [-0.3, -0.25) is 9.59 Å². The Labute approximate surface area is 101 Å². The van der Waals surface area contributed by atoms with Gasteiger partial charge in [0.1, 0.15) is 12.2 Å². The summed E-state index contributed by atoms with van der Waals surface area (Å²) in [5, 5.41) is 0. The van der Waals surface area contributed by atoms with Crippen LogP contribution in [0.3, 0.4) is 0 Å². The molecule has 1 aliphatic rings. The van der Waals surface area contributed by atoms with E-state index in [1.54, 1.807) is 0 Å². The Bertz CT molecular complexity index is 273. The van der Waals surface area contributed by atoms with Crippen molar-refractivity contribution < 1.29 is 23.8 Å². The zero-order chi connectivity index (χ0) is 13.2. The molecule has 0 bridgehead atoms. The molecule has 5 atom stereocenters. The lowest BCUT2D eigenvalue weighted by Crippen LogP contribution is -2.53. The summed E-state index contributed by atoms with van der Waals surface area (Å²) < 4.78 is 16.1. The van der Waals surface area contributed by atoms with Gasteiger partial charge in [-0.15, -0.1) is 0 Å². The summed E-state index contributed by atoms with van der Waals surface area (Å²) in [6.07, 6.45) is -1.16. The molecule has 1 saturated heterocycles. The topological polar surface area (TPSA) is 61.8 Å². The molecule has 0 aliphatic carbocycles. The number of esters is 2. The second-order valence-electron chi connectivity index (χ2n) is 4.55. The van der Waals surface area contributed by atoms with Crippen molar-refractivity contribution in [3.63, 3.8) is 0 Å². The molecule has 0 aromatic heterocycles. The highest BCUT2D eigenvalue weighted by molar-refractivity contribution is 5.67. The Morgan fingerprint density at radius 1 is 0.882 bits per heavy atom. The van der Waals surface area contributed by atoms with Gasteiger partial charge in [0.2, 0.25) is 0 Å². The molecule has 0 radical (unpaired) electrons. The van der Waals surface area contributed by atoms with Gasteiger partial charge in [0.25, 0.3) is 0 Å². The van der Waals surface area contributed by atoms with Crippen LogP contribution in [-0.4, -0.2) is 36.4 Å². The molecular formula is C12H20O5. The highest BCUT2D eigenvalue weighted by Crippen LogP contribution is 2.30. The summed E-state index contributed by atoms with van der Waals surface area (Å²) in [5.74, 6) is -0.789. The fourth-order valence-corrected chi connectivity index (χ4v) is 2.32. The van der Waals surface area contributed by atoms with E-state index < -0.39 is 0 Å². The Morgan fingerprint density at radius 3 is 1.53 bits per heavy atom. The largest absolute Gasteiger partial charge is 0.459 e. The summed E-state index contributed by atoms with van der Waals surface area (Å²) in [7, 11) is 0. The van der Waals surface area contributed by atoms with Crippen molar-refractivity contribution in [2.45, 2.75) is 59.0 Å². The number of rotatable bonds is 2. The van der Waals surface area contributed by atoms with E-state index in [1.165, 1.54) is 13.8 Å². The summed E-state index contributed by atoms with van der Waals surface area (Å²) in [6.45, 7) is 8.32. The first-order valence-corrected chi connectivity index (χ1v) is 5.82. The van der Waals surface area contributed by atoms with Crippen molar-refractivity contribution in [3.8, 4) is 0 Å². The molecule has 1 heterocycles. The third-order valence-corrected chi connectivity index (χ3v) is 3.00.